The van der Waals surface area contributed by atoms with Crippen molar-refractivity contribution in [2.24, 2.45) is 0 Å². The highest BCUT2D eigenvalue weighted by Crippen LogP contribution is 1.97. The van der Waals surface area contributed by atoms with E-state index in [0.717, 1.165) is 0 Å². The van der Waals surface area contributed by atoms with Crippen LogP contribution in [0.4, 0.5) is 0 Å². The summed E-state index contributed by atoms with van der Waals surface area (Å²) in [5, 5.41) is 27.2. The molecule has 9 nitrogen and oxygen atoms in total. The topological polar surface area (TPSA) is 141 Å². The number of ether oxygens (including phenoxy) is 1. The molecule has 9 heteroatoms. The van der Waals surface area contributed by atoms with E-state index >= 15 is 0 Å². The standard InChI is InChI=1S/C7H15NO3.C7H8O5/c1-8(2,3)5-6(9)4-7(10)11;1-2-6(10)12-7(11)4-3-5(8)9/h6,9H,4-5H2,1-3H3;3-4H,2H2,1H3,(H,8,9)/b;4-3-/t6-;/m1./s1. The van der Waals surface area contributed by atoms with E-state index in [1.54, 1.807) is 0 Å². The molecule has 0 heterocycles. The fourth-order valence-corrected chi connectivity index (χ4v) is 1.25. The Morgan fingerprint density at radius 2 is 1.70 bits per heavy atom. The van der Waals surface area contributed by atoms with Crippen molar-refractivity contribution in [1.29, 1.82) is 0 Å². The van der Waals surface area contributed by atoms with Gasteiger partial charge in [0.25, 0.3) is 0 Å². The average molecular weight is 333 g/mol. The number of nitrogens with zero attached hydrogens (tertiary/aromatic N) is 1. The fourth-order valence-electron chi connectivity index (χ4n) is 1.25. The van der Waals surface area contributed by atoms with Gasteiger partial charge in [-0.1, -0.05) is 6.92 Å². The summed E-state index contributed by atoms with van der Waals surface area (Å²) >= 11 is 0. The Hall–Kier alpha value is -2.26. The Morgan fingerprint density at radius 1 is 1.17 bits per heavy atom. The van der Waals surface area contributed by atoms with Gasteiger partial charge in [0.15, 0.2) is 0 Å². The summed E-state index contributed by atoms with van der Waals surface area (Å²) < 4.78 is 4.67. The van der Waals surface area contributed by atoms with Crippen LogP contribution < -0.4 is 5.11 Å². The first-order valence-corrected chi connectivity index (χ1v) is 6.71. The number of rotatable bonds is 7. The molecular formula is C14H23NO8. The number of hydrogen-bond donors (Lipinski definition) is 2. The number of esters is 2. The number of carbonyl (C=O) groups excluding carboxylic acids is 3. The summed E-state index contributed by atoms with van der Waals surface area (Å²) in [4.78, 5) is 40.9. The molecular weight excluding hydrogens is 310 g/mol. The molecule has 0 radical (unpaired) electrons. The van der Waals surface area contributed by atoms with Gasteiger partial charge in [-0.2, -0.15) is 0 Å². The van der Waals surface area contributed by atoms with Crippen LogP contribution in [0, 0.1) is 0 Å². The van der Waals surface area contributed by atoms with Gasteiger partial charge < -0.3 is 29.3 Å². The Labute approximate surface area is 134 Å². The summed E-state index contributed by atoms with van der Waals surface area (Å²) in [6.45, 7) is 1.95. The van der Waals surface area contributed by atoms with Gasteiger partial charge in [0.1, 0.15) is 12.6 Å². The van der Waals surface area contributed by atoms with E-state index in [-0.39, 0.29) is 12.8 Å². The summed E-state index contributed by atoms with van der Waals surface area (Å²) in [6, 6.07) is 0. The van der Waals surface area contributed by atoms with Crippen molar-refractivity contribution in [1.82, 2.24) is 0 Å². The van der Waals surface area contributed by atoms with Crippen molar-refractivity contribution in [3.8, 4) is 0 Å². The number of quaternary nitrogens is 1. The SMILES string of the molecule is CCC(=O)OC(=O)/C=C\C(=O)O.C[N+](C)(C)C[C@H](O)CC(=O)[O-]. The lowest BCUT2D eigenvalue weighted by Gasteiger charge is -2.26. The molecule has 1 atom stereocenters. The van der Waals surface area contributed by atoms with E-state index < -0.39 is 30.0 Å². The Bertz CT molecular complexity index is 450. The van der Waals surface area contributed by atoms with E-state index in [4.69, 9.17) is 10.2 Å². The maximum atomic E-state index is 10.5. The predicted molar refractivity (Wildman–Crippen MR) is 76.7 cm³/mol. The molecule has 132 valence electrons. The van der Waals surface area contributed by atoms with Crippen molar-refractivity contribution in [3.05, 3.63) is 12.2 Å². The molecule has 0 fully saturated rings. The zero-order chi connectivity index (χ0) is 18.6. The Morgan fingerprint density at radius 3 is 2.04 bits per heavy atom. The van der Waals surface area contributed by atoms with Gasteiger partial charge in [-0.15, -0.1) is 0 Å². The molecule has 0 aromatic rings. The molecule has 0 saturated carbocycles. The molecule has 0 saturated heterocycles. The molecule has 2 N–H and O–H groups in total. The van der Waals surface area contributed by atoms with Gasteiger partial charge >= 0.3 is 17.9 Å². The molecule has 0 aliphatic rings. The van der Waals surface area contributed by atoms with E-state index in [9.17, 15) is 24.3 Å². The lowest BCUT2D eigenvalue weighted by molar-refractivity contribution is -0.873. The minimum Gasteiger partial charge on any atom is -0.550 e. The van der Waals surface area contributed by atoms with Crippen LogP contribution in [-0.4, -0.2) is 72.4 Å². The normalized spacial score (nSPS) is 12.0. The number of aliphatic hydroxyl groups is 1. The maximum absolute atomic E-state index is 10.5. The fraction of sp³-hybridized carbons (Fsp3) is 0.571. The van der Waals surface area contributed by atoms with Crippen LogP contribution in [0.3, 0.4) is 0 Å². The van der Waals surface area contributed by atoms with Crippen LogP contribution >= 0.6 is 0 Å². The first-order chi connectivity index (χ1) is 10.4. The first-order valence-electron chi connectivity index (χ1n) is 6.71. The van der Waals surface area contributed by atoms with E-state index in [2.05, 4.69) is 4.74 Å². The minimum atomic E-state index is -1.27. The van der Waals surface area contributed by atoms with E-state index in [0.29, 0.717) is 23.2 Å². The molecule has 0 amide bonds. The van der Waals surface area contributed by atoms with Gasteiger partial charge in [0, 0.05) is 31.0 Å². The highest BCUT2D eigenvalue weighted by Gasteiger charge is 2.14. The van der Waals surface area contributed by atoms with Gasteiger partial charge in [-0.3, -0.25) is 4.79 Å². The number of carbonyl (C=O) groups is 4. The molecule has 0 rings (SSSR count). The Balaban J connectivity index is 0. The molecule has 0 bridgehead atoms. The van der Waals surface area contributed by atoms with Crippen molar-refractivity contribution >= 4 is 23.9 Å². The first kappa shape index (κ1) is 23.0. The quantitative estimate of drug-likeness (QED) is 0.243. The zero-order valence-electron chi connectivity index (χ0n) is 13.6. The van der Waals surface area contributed by atoms with Crippen LogP contribution in [0.25, 0.3) is 0 Å². The average Bonchev–Trinajstić information content (AvgIpc) is 2.33. The predicted octanol–water partition coefficient (Wildman–Crippen LogP) is -1.70. The van der Waals surface area contributed by atoms with Crippen LogP contribution in [0.2, 0.25) is 0 Å². The van der Waals surface area contributed by atoms with E-state index in [1.807, 2.05) is 21.1 Å². The van der Waals surface area contributed by atoms with Crippen LogP contribution in [0.5, 0.6) is 0 Å². The maximum Gasteiger partial charge on any atom is 0.338 e. The second-order valence-electron chi connectivity index (χ2n) is 5.52. The number of likely N-dealkylation sites (N-methyl/N-ethyl adjacent to an activating group) is 1. The van der Waals surface area contributed by atoms with Crippen molar-refractivity contribution in [3.63, 3.8) is 0 Å². The van der Waals surface area contributed by atoms with E-state index in [1.165, 1.54) is 6.92 Å². The Kier molecular flexibility index (Phi) is 11.3. The molecule has 0 spiro atoms. The van der Waals surface area contributed by atoms with Crippen molar-refractivity contribution in [2.75, 3.05) is 27.7 Å². The molecule has 23 heavy (non-hydrogen) atoms. The number of hydrogen-bond acceptors (Lipinski definition) is 7. The summed E-state index contributed by atoms with van der Waals surface area (Å²) in [5.41, 5.74) is 0. The van der Waals surface area contributed by atoms with Crippen LogP contribution in [-0.2, 0) is 23.9 Å². The second kappa shape index (κ2) is 11.3. The summed E-state index contributed by atoms with van der Waals surface area (Å²) in [6.07, 6.45) is 0.267. The molecule has 0 aromatic heterocycles. The lowest BCUT2D eigenvalue weighted by atomic mass is 10.2. The highest BCUT2D eigenvalue weighted by molar-refractivity contribution is 5.95. The van der Waals surface area contributed by atoms with Crippen molar-refractivity contribution < 1.29 is 43.7 Å². The molecule has 0 unspecified atom stereocenters. The molecule has 0 aromatic carbocycles. The number of carboxylic acid groups (broad SMARTS) is 2. The van der Waals surface area contributed by atoms with Crippen LogP contribution in [0.1, 0.15) is 19.8 Å². The third kappa shape index (κ3) is 19.7. The third-order valence-corrected chi connectivity index (χ3v) is 2.03. The molecule has 0 aliphatic carbocycles. The highest BCUT2D eigenvalue weighted by atomic mass is 16.6. The van der Waals surface area contributed by atoms with Crippen molar-refractivity contribution in [2.45, 2.75) is 25.9 Å². The third-order valence-electron chi connectivity index (χ3n) is 2.03. The summed E-state index contributed by atoms with van der Waals surface area (Å²) in [7, 11) is 5.66. The number of aliphatic hydroxyl groups excluding tert-OH is 1. The van der Waals surface area contributed by atoms with Gasteiger partial charge in [-0.05, 0) is 0 Å². The van der Waals surface area contributed by atoms with Crippen LogP contribution in [0.15, 0.2) is 12.2 Å². The lowest BCUT2D eigenvalue weighted by Crippen LogP contribution is -2.43. The van der Waals surface area contributed by atoms with Gasteiger partial charge in [0.05, 0.1) is 21.1 Å². The van der Waals surface area contributed by atoms with Gasteiger partial charge in [0.2, 0.25) is 0 Å². The number of carboxylic acids is 2. The van der Waals surface area contributed by atoms with Gasteiger partial charge in [-0.25, -0.2) is 9.59 Å². The molecule has 0 aliphatic heterocycles. The second-order valence-corrected chi connectivity index (χ2v) is 5.52. The number of aliphatic carboxylic acids is 2. The minimum absolute atomic E-state index is 0.0760. The smallest absolute Gasteiger partial charge is 0.338 e. The summed E-state index contributed by atoms with van der Waals surface area (Å²) in [5.74, 6) is -4.12. The monoisotopic (exact) mass is 333 g/mol. The largest absolute Gasteiger partial charge is 0.550 e. The zero-order valence-corrected chi connectivity index (χ0v) is 13.6.